The van der Waals surface area contributed by atoms with Gasteiger partial charge in [0.15, 0.2) is 5.82 Å². The summed E-state index contributed by atoms with van der Waals surface area (Å²) in [5.41, 5.74) is 0.218. The SMILES string of the molecule is CN(CCc1noc(-c2ccccc2F)n1)S(=O)(=O)c1cccs1. The minimum absolute atomic E-state index is 0.0758. The summed E-state index contributed by atoms with van der Waals surface area (Å²) in [5.74, 6) is -0.0570. The summed E-state index contributed by atoms with van der Waals surface area (Å²) in [6.45, 7) is 0.191. The molecule has 0 bridgehead atoms. The highest BCUT2D eigenvalue weighted by Gasteiger charge is 2.22. The van der Waals surface area contributed by atoms with E-state index < -0.39 is 15.8 Å². The van der Waals surface area contributed by atoms with Gasteiger partial charge in [-0.3, -0.25) is 0 Å². The molecule has 0 saturated heterocycles. The van der Waals surface area contributed by atoms with E-state index in [9.17, 15) is 12.8 Å². The number of hydrogen-bond donors (Lipinski definition) is 0. The van der Waals surface area contributed by atoms with Gasteiger partial charge in [-0.05, 0) is 23.6 Å². The van der Waals surface area contributed by atoms with Crippen LogP contribution in [0.1, 0.15) is 5.82 Å². The van der Waals surface area contributed by atoms with Crippen LogP contribution in [0.2, 0.25) is 0 Å². The van der Waals surface area contributed by atoms with Crippen molar-refractivity contribution >= 4 is 21.4 Å². The van der Waals surface area contributed by atoms with E-state index in [-0.39, 0.29) is 28.6 Å². The Hall–Kier alpha value is -2.10. The fourth-order valence-corrected chi connectivity index (χ4v) is 4.41. The lowest BCUT2D eigenvalue weighted by molar-refractivity contribution is 0.413. The Bertz CT molecular complexity index is 923. The van der Waals surface area contributed by atoms with E-state index in [1.807, 2.05) is 0 Å². The monoisotopic (exact) mass is 367 g/mol. The van der Waals surface area contributed by atoms with Crippen LogP contribution in [-0.2, 0) is 16.4 Å². The van der Waals surface area contributed by atoms with Crippen molar-refractivity contribution in [1.82, 2.24) is 14.4 Å². The zero-order chi connectivity index (χ0) is 17.2. The zero-order valence-electron chi connectivity index (χ0n) is 12.7. The van der Waals surface area contributed by atoms with Crippen molar-refractivity contribution in [3.05, 3.63) is 53.4 Å². The fourth-order valence-electron chi connectivity index (χ4n) is 2.04. The number of likely N-dealkylation sites (N-methyl/N-ethyl adjacent to an activating group) is 1. The van der Waals surface area contributed by atoms with Crippen molar-refractivity contribution in [2.45, 2.75) is 10.6 Å². The third-order valence-electron chi connectivity index (χ3n) is 3.38. The quantitative estimate of drug-likeness (QED) is 0.670. The van der Waals surface area contributed by atoms with Gasteiger partial charge in [0.05, 0.1) is 5.56 Å². The maximum Gasteiger partial charge on any atom is 0.260 e. The van der Waals surface area contributed by atoms with Gasteiger partial charge in [0, 0.05) is 20.0 Å². The number of thiophene rings is 1. The number of hydrogen-bond acceptors (Lipinski definition) is 6. The predicted molar refractivity (Wildman–Crippen MR) is 87.5 cm³/mol. The molecule has 0 saturated carbocycles. The second-order valence-corrected chi connectivity index (χ2v) is 8.22. The highest BCUT2D eigenvalue weighted by atomic mass is 32.2. The summed E-state index contributed by atoms with van der Waals surface area (Å²) < 4.78 is 44.9. The second-order valence-electron chi connectivity index (χ2n) is 5.00. The first-order chi connectivity index (χ1) is 11.5. The maximum atomic E-state index is 13.7. The first kappa shape index (κ1) is 16.7. The lowest BCUT2D eigenvalue weighted by Crippen LogP contribution is -2.28. The van der Waals surface area contributed by atoms with E-state index in [1.54, 1.807) is 35.7 Å². The summed E-state index contributed by atoms with van der Waals surface area (Å²) >= 11 is 1.16. The molecule has 3 rings (SSSR count). The van der Waals surface area contributed by atoms with Gasteiger partial charge in [-0.2, -0.15) is 9.29 Å². The van der Waals surface area contributed by atoms with Gasteiger partial charge in [0.25, 0.3) is 15.9 Å². The van der Waals surface area contributed by atoms with E-state index >= 15 is 0 Å². The van der Waals surface area contributed by atoms with Gasteiger partial charge in [-0.1, -0.05) is 23.4 Å². The third kappa shape index (κ3) is 3.37. The summed E-state index contributed by atoms with van der Waals surface area (Å²) in [6, 6.07) is 9.33. The molecule has 126 valence electrons. The smallest absolute Gasteiger partial charge is 0.260 e. The Morgan fingerprint density at radius 3 is 2.75 bits per heavy atom. The Labute approximate surface area is 142 Å². The Morgan fingerprint density at radius 1 is 1.25 bits per heavy atom. The molecule has 0 unspecified atom stereocenters. The van der Waals surface area contributed by atoms with Gasteiger partial charge in [0.1, 0.15) is 10.0 Å². The first-order valence-corrected chi connectivity index (χ1v) is 9.38. The molecule has 24 heavy (non-hydrogen) atoms. The molecule has 1 aromatic carbocycles. The van der Waals surface area contributed by atoms with Crippen molar-refractivity contribution in [3.8, 4) is 11.5 Å². The standard InChI is InChI=1S/C15H14FN3O3S2/c1-19(24(20,21)14-7-4-10-23-14)9-8-13-17-15(22-18-13)11-5-2-3-6-12(11)16/h2-7,10H,8-9H2,1H3. The molecule has 0 spiro atoms. The molecule has 0 aliphatic rings. The van der Waals surface area contributed by atoms with Gasteiger partial charge in [-0.15, -0.1) is 11.3 Å². The van der Waals surface area contributed by atoms with Crippen LogP contribution in [0, 0.1) is 5.82 Å². The van der Waals surface area contributed by atoms with Crippen LogP contribution in [0.15, 0.2) is 50.5 Å². The van der Waals surface area contributed by atoms with Gasteiger partial charge >= 0.3 is 0 Å². The van der Waals surface area contributed by atoms with Crippen molar-refractivity contribution < 1.29 is 17.3 Å². The topological polar surface area (TPSA) is 76.3 Å². The van der Waals surface area contributed by atoms with Crippen LogP contribution in [0.25, 0.3) is 11.5 Å². The minimum atomic E-state index is -3.51. The minimum Gasteiger partial charge on any atom is -0.334 e. The fraction of sp³-hybridized carbons (Fsp3) is 0.200. The summed E-state index contributed by atoms with van der Waals surface area (Å²) in [6.07, 6.45) is 0.263. The summed E-state index contributed by atoms with van der Waals surface area (Å²) in [5, 5.41) is 5.49. The van der Waals surface area contributed by atoms with Crippen molar-refractivity contribution in [2.75, 3.05) is 13.6 Å². The summed E-state index contributed by atoms with van der Waals surface area (Å²) in [7, 11) is -2.02. The average Bonchev–Trinajstić information content (AvgIpc) is 3.25. The normalized spacial score (nSPS) is 12.0. The van der Waals surface area contributed by atoms with Crippen LogP contribution in [0.4, 0.5) is 4.39 Å². The number of rotatable bonds is 6. The number of nitrogens with zero attached hydrogens (tertiary/aromatic N) is 3. The molecule has 9 heteroatoms. The molecule has 0 amide bonds. The van der Waals surface area contributed by atoms with Crippen LogP contribution in [-0.4, -0.2) is 36.5 Å². The van der Waals surface area contributed by atoms with E-state index in [0.29, 0.717) is 5.82 Å². The summed E-state index contributed by atoms with van der Waals surface area (Å²) in [4.78, 5) is 4.12. The molecule has 0 fully saturated rings. The van der Waals surface area contributed by atoms with Crippen LogP contribution >= 0.6 is 11.3 Å². The molecule has 0 radical (unpaired) electrons. The lowest BCUT2D eigenvalue weighted by Gasteiger charge is -2.14. The second kappa shape index (κ2) is 6.80. The molecule has 0 aliphatic carbocycles. The third-order valence-corrected chi connectivity index (χ3v) is 6.61. The van der Waals surface area contributed by atoms with Crippen LogP contribution in [0.3, 0.4) is 0 Å². The Kier molecular flexibility index (Phi) is 4.74. The molecule has 0 atom stereocenters. The van der Waals surface area contributed by atoms with Gasteiger partial charge < -0.3 is 4.52 Å². The van der Waals surface area contributed by atoms with Crippen LogP contribution in [0.5, 0.6) is 0 Å². The predicted octanol–water partition coefficient (Wildman–Crippen LogP) is 2.80. The number of sulfonamides is 1. The van der Waals surface area contributed by atoms with Gasteiger partial charge in [0.2, 0.25) is 0 Å². The number of halogens is 1. The average molecular weight is 367 g/mol. The van der Waals surface area contributed by atoms with Crippen LogP contribution < -0.4 is 0 Å². The van der Waals surface area contributed by atoms with E-state index in [4.69, 9.17) is 4.52 Å². The lowest BCUT2D eigenvalue weighted by atomic mass is 10.2. The largest absolute Gasteiger partial charge is 0.334 e. The van der Waals surface area contributed by atoms with E-state index in [2.05, 4.69) is 10.1 Å². The Morgan fingerprint density at radius 2 is 2.04 bits per heavy atom. The zero-order valence-corrected chi connectivity index (χ0v) is 14.3. The van der Waals surface area contributed by atoms with E-state index in [1.165, 1.54) is 17.4 Å². The van der Waals surface area contributed by atoms with Crippen molar-refractivity contribution in [3.63, 3.8) is 0 Å². The van der Waals surface area contributed by atoms with Gasteiger partial charge in [-0.25, -0.2) is 12.8 Å². The molecule has 2 heterocycles. The van der Waals surface area contributed by atoms with Crippen molar-refractivity contribution in [2.24, 2.45) is 0 Å². The molecule has 0 aliphatic heterocycles. The highest BCUT2D eigenvalue weighted by Crippen LogP contribution is 2.22. The number of aromatic nitrogens is 2. The maximum absolute atomic E-state index is 13.7. The number of benzene rings is 1. The molecule has 0 N–H and O–H groups in total. The van der Waals surface area contributed by atoms with Crippen molar-refractivity contribution in [1.29, 1.82) is 0 Å². The highest BCUT2D eigenvalue weighted by molar-refractivity contribution is 7.91. The molecule has 2 aromatic heterocycles. The Balaban J connectivity index is 1.69. The first-order valence-electron chi connectivity index (χ1n) is 7.06. The molecule has 6 nitrogen and oxygen atoms in total. The van der Waals surface area contributed by atoms with E-state index in [0.717, 1.165) is 11.3 Å². The molecule has 3 aromatic rings. The molecular weight excluding hydrogens is 353 g/mol. The molecular formula is C15H14FN3O3S2.